The van der Waals surface area contributed by atoms with Crippen LogP contribution >= 0.6 is 11.3 Å². The predicted octanol–water partition coefficient (Wildman–Crippen LogP) is 3.43. The molecule has 8 heteroatoms. The minimum Gasteiger partial charge on any atom is -0.344 e. The Bertz CT molecular complexity index is 970. The molecule has 1 unspecified atom stereocenters. The first-order valence-electron chi connectivity index (χ1n) is 7.84. The van der Waals surface area contributed by atoms with Gasteiger partial charge in [0.05, 0.1) is 11.7 Å². The number of amides is 1. The van der Waals surface area contributed by atoms with Crippen LogP contribution in [0, 0.1) is 0 Å². The Kier molecular flexibility index (Phi) is 5.34. The zero-order chi connectivity index (χ0) is 18.6. The molecule has 1 atom stereocenters. The van der Waals surface area contributed by atoms with Crippen LogP contribution in [0.5, 0.6) is 0 Å². The molecule has 0 saturated heterocycles. The molecular formula is C18H17N3O3S2. The number of hydrogen-bond donors (Lipinski definition) is 2. The Morgan fingerprint density at radius 2 is 1.85 bits per heavy atom. The Balaban J connectivity index is 1.66. The largest absolute Gasteiger partial charge is 0.344 e. The van der Waals surface area contributed by atoms with E-state index in [0.717, 1.165) is 17.0 Å². The number of benzene rings is 1. The number of thiophene rings is 1. The van der Waals surface area contributed by atoms with Crippen molar-refractivity contribution in [2.45, 2.75) is 17.2 Å². The van der Waals surface area contributed by atoms with Crippen LogP contribution in [-0.4, -0.2) is 19.3 Å². The second-order valence-electron chi connectivity index (χ2n) is 5.56. The lowest BCUT2D eigenvalue weighted by Gasteiger charge is -2.13. The Labute approximate surface area is 156 Å². The van der Waals surface area contributed by atoms with E-state index in [-0.39, 0.29) is 16.2 Å². The maximum absolute atomic E-state index is 12.3. The Hall–Kier alpha value is -2.71. The molecular weight excluding hydrogens is 370 g/mol. The van der Waals surface area contributed by atoms with E-state index in [9.17, 15) is 13.2 Å². The number of carbonyl (C=O) groups excluding carboxylic acids is 1. The number of aromatic nitrogens is 1. The van der Waals surface area contributed by atoms with E-state index in [1.807, 2.05) is 25.1 Å². The van der Waals surface area contributed by atoms with Gasteiger partial charge in [0.25, 0.3) is 15.9 Å². The third-order valence-corrected chi connectivity index (χ3v) is 6.42. The van der Waals surface area contributed by atoms with Crippen molar-refractivity contribution in [3.05, 3.63) is 77.4 Å². The molecule has 0 spiro atoms. The summed E-state index contributed by atoms with van der Waals surface area (Å²) in [7, 11) is -3.60. The molecule has 2 heterocycles. The lowest BCUT2D eigenvalue weighted by atomic mass is 10.1. The fourth-order valence-corrected chi connectivity index (χ4v) is 4.35. The molecule has 0 fully saturated rings. The molecule has 2 aromatic heterocycles. The molecule has 26 heavy (non-hydrogen) atoms. The van der Waals surface area contributed by atoms with Crippen molar-refractivity contribution in [2.75, 3.05) is 4.72 Å². The number of nitrogens with zero attached hydrogens (tertiary/aromatic N) is 1. The molecule has 134 valence electrons. The third-order valence-electron chi connectivity index (χ3n) is 3.64. The molecule has 6 nitrogen and oxygen atoms in total. The number of hydrogen-bond acceptors (Lipinski definition) is 5. The minimum atomic E-state index is -3.60. The first-order chi connectivity index (χ1) is 12.5. The Morgan fingerprint density at radius 3 is 2.46 bits per heavy atom. The molecule has 0 saturated carbocycles. The summed E-state index contributed by atoms with van der Waals surface area (Å²) in [5.74, 6) is -0.254. The summed E-state index contributed by atoms with van der Waals surface area (Å²) in [6, 6.07) is 14.8. The topological polar surface area (TPSA) is 88.2 Å². The SMILES string of the molecule is CC(NC(=O)c1ccc(NS(=O)(=O)c2cccs2)cc1)c1ccccn1. The molecule has 0 bridgehead atoms. The van der Waals surface area contributed by atoms with Gasteiger partial charge < -0.3 is 5.32 Å². The van der Waals surface area contributed by atoms with Gasteiger partial charge in [-0.15, -0.1) is 11.3 Å². The number of nitrogens with one attached hydrogen (secondary N) is 2. The highest BCUT2D eigenvalue weighted by Gasteiger charge is 2.16. The zero-order valence-electron chi connectivity index (χ0n) is 13.9. The van der Waals surface area contributed by atoms with E-state index in [1.165, 1.54) is 6.07 Å². The lowest BCUT2D eigenvalue weighted by molar-refractivity contribution is 0.0939. The first kappa shape index (κ1) is 18.1. The van der Waals surface area contributed by atoms with Crippen molar-refractivity contribution in [1.29, 1.82) is 0 Å². The number of rotatable bonds is 6. The molecule has 0 radical (unpaired) electrons. The van der Waals surface area contributed by atoms with Gasteiger partial charge in [-0.25, -0.2) is 8.42 Å². The van der Waals surface area contributed by atoms with Gasteiger partial charge in [-0.2, -0.15) is 0 Å². The number of sulfonamides is 1. The highest BCUT2D eigenvalue weighted by atomic mass is 32.2. The first-order valence-corrected chi connectivity index (χ1v) is 10.2. The quantitative estimate of drug-likeness (QED) is 0.678. The number of carbonyl (C=O) groups is 1. The average Bonchev–Trinajstić information content (AvgIpc) is 3.18. The second-order valence-corrected chi connectivity index (χ2v) is 8.42. The van der Waals surface area contributed by atoms with Crippen LogP contribution in [0.3, 0.4) is 0 Å². The summed E-state index contributed by atoms with van der Waals surface area (Å²) in [6.45, 7) is 1.85. The van der Waals surface area contributed by atoms with Crippen LogP contribution in [-0.2, 0) is 10.0 Å². The molecule has 1 amide bonds. The van der Waals surface area contributed by atoms with Crippen LogP contribution in [0.25, 0.3) is 0 Å². The normalized spacial score (nSPS) is 12.3. The number of pyridine rings is 1. The van der Waals surface area contributed by atoms with Crippen LogP contribution < -0.4 is 10.0 Å². The molecule has 0 aliphatic carbocycles. The van der Waals surface area contributed by atoms with Crippen molar-refractivity contribution >= 4 is 33.0 Å². The summed E-state index contributed by atoms with van der Waals surface area (Å²) in [5, 5.41) is 4.56. The molecule has 3 aromatic rings. The average molecular weight is 387 g/mol. The van der Waals surface area contributed by atoms with Crippen LogP contribution in [0.4, 0.5) is 5.69 Å². The summed E-state index contributed by atoms with van der Waals surface area (Å²) in [4.78, 5) is 16.5. The van der Waals surface area contributed by atoms with Crippen LogP contribution in [0.1, 0.15) is 29.0 Å². The van der Waals surface area contributed by atoms with Gasteiger partial charge in [-0.05, 0) is 54.8 Å². The van der Waals surface area contributed by atoms with Crippen LogP contribution in [0.2, 0.25) is 0 Å². The lowest BCUT2D eigenvalue weighted by Crippen LogP contribution is -2.27. The molecule has 2 N–H and O–H groups in total. The van der Waals surface area contributed by atoms with Crippen molar-refractivity contribution in [3.63, 3.8) is 0 Å². The maximum atomic E-state index is 12.3. The van der Waals surface area contributed by atoms with E-state index in [2.05, 4.69) is 15.0 Å². The summed E-state index contributed by atoms with van der Waals surface area (Å²) in [6.07, 6.45) is 1.67. The van der Waals surface area contributed by atoms with Gasteiger partial charge in [0, 0.05) is 17.4 Å². The maximum Gasteiger partial charge on any atom is 0.271 e. The van der Waals surface area contributed by atoms with Gasteiger partial charge in [0.2, 0.25) is 0 Å². The molecule has 0 aliphatic rings. The van der Waals surface area contributed by atoms with Gasteiger partial charge in [0.15, 0.2) is 0 Å². The van der Waals surface area contributed by atoms with E-state index < -0.39 is 10.0 Å². The van der Waals surface area contributed by atoms with Crippen LogP contribution in [0.15, 0.2) is 70.4 Å². The Morgan fingerprint density at radius 1 is 1.08 bits per heavy atom. The zero-order valence-corrected chi connectivity index (χ0v) is 15.5. The smallest absolute Gasteiger partial charge is 0.271 e. The fourth-order valence-electron chi connectivity index (χ4n) is 2.30. The molecule has 0 aliphatic heterocycles. The van der Waals surface area contributed by atoms with E-state index in [4.69, 9.17) is 0 Å². The highest BCUT2D eigenvalue weighted by Crippen LogP contribution is 2.20. The summed E-state index contributed by atoms with van der Waals surface area (Å²) < 4.78 is 27.1. The monoisotopic (exact) mass is 387 g/mol. The van der Waals surface area contributed by atoms with E-state index >= 15 is 0 Å². The fraction of sp³-hybridized carbons (Fsp3) is 0.111. The number of anilines is 1. The molecule has 3 rings (SSSR count). The summed E-state index contributed by atoms with van der Waals surface area (Å²) >= 11 is 1.14. The van der Waals surface area contributed by atoms with Crippen molar-refractivity contribution in [3.8, 4) is 0 Å². The van der Waals surface area contributed by atoms with Crippen molar-refractivity contribution in [2.24, 2.45) is 0 Å². The predicted molar refractivity (Wildman–Crippen MR) is 102 cm³/mol. The standard InChI is InChI=1S/C18H17N3O3S2/c1-13(16-5-2-3-11-19-16)20-18(22)14-7-9-15(10-8-14)21-26(23,24)17-6-4-12-25-17/h2-13,21H,1H3,(H,20,22). The van der Waals surface area contributed by atoms with Crippen molar-refractivity contribution < 1.29 is 13.2 Å². The summed E-state index contributed by atoms with van der Waals surface area (Å²) in [5.41, 5.74) is 1.60. The van der Waals surface area contributed by atoms with Gasteiger partial charge in [-0.3, -0.25) is 14.5 Å². The van der Waals surface area contributed by atoms with Gasteiger partial charge in [-0.1, -0.05) is 12.1 Å². The highest BCUT2D eigenvalue weighted by molar-refractivity contribution is 7.94. The van der Waals surface area contributed by atoms with E-state index in [0.29, 0.717) is 11.3 Å². The third kappa shape index (κ3) is 4.27. The van der Waals surface area contributed by atoms with Gasteiger partial charge in [0.1, 0.15) is 4.21 Å². The minimum absolute atomic E-state index is 0.235. The molecule has 1 aromatic carbocycles. The second kappa shape index (κ2) is 7.67. The van der Waals surface area contributed by atoms with Crippen molar-refractivity contribution in [1.82, 2.24) is 10.3 Å². The van der Waals surface area contributed by atoms with E-state index in [1.54, 1.807) is 41.9 Å². The van der Waals surface area contributed by atoms with Gasteiger partial charge >= 0.3 is 0 Å².